The molecular formula is C88H120F2N16O13. The number of carbonyl (C=O) groups is 9. The maximum absolute atomic E-state index is 13.8. The van der Waals surface area contributed by atoms with Gasteiger partial charge in [-0.25, -0.2) is 50.7 Å². The van der Waals surface area contributed by atoms with Gasteiger partial charge in [0.05, 0.1) is 50.8 Å². The lowest BCUT2D eigenvalue weighted by Crippen LogP contribution is -2.51. The third-order valence-corrected chi connectivity index (χ3v) is 25.5. The van der Waals surface area contributed by atoms with E-state index >= 15 is 0 Å². The molecule has 10 aliphatic rings. The largest absolute Gasteiger partial charge is 0.479 e. The minimum absolute atomic E-state index is 0.00605. The SMILES string of the molecule is CN(C)C(=O)N1C[C@@H]2CC(Cc3ccccc3)(N=CC=O)C[C@@H]2C1.CN(C)C(=O)N1C[C@@H]2CC(N)(Cc3ccccc3)C[C@@H]2C1.O=C(O)C(O)C(O)C(=O)O.[C-]#[N+][C@@H]1C[C@H](F)CN1C(=O)CNC1(Cc2ccccc2)C[C@H]2CN(C(=O)N(C)C)C[C@H]2C1.[C-]#[N+][C@@H]1C[C@H](F)CN1C(=O)CNC1(Cc2ccccc2)C[C@H]2CN(C(=O)N(C)C)C[C@H]2C1. The van der Waals surface area contributed by atoms with Gasteiger partial charge in [-0.2, -0.15) is 0 Å². The Balaban J connectivity index is 0.000000162. The van der Waals surface area contributed by atoms with Crippen LogP contribution in [0.5, 0.6) is 0 Å². The second-order valence-electron chi connectivity index (χ2n) is 35.5. The molecule has 8 N–H and O–H groups in total. The number of aliphatic imine (C=N–C) groups is 1. The van der Waals surface area contributed by atoms with Crippen LogP contribution in [-0.4, -0.2) is 324 Å². The van der Waals surface area contributed by atoms with Gasteiger partial charge in [0, 0.05) is 125 Å². The van der Waals surface area contributed by atoms with Crippen LogP contribution in [-0.2, 0) is 49.7 Å². The molecule has 29 nitrogen and oxygen atoms in total. The number of likely N-dealkylation sites (tertiary alicyclic amines) is 6. The molecule has 4 saturated carbocycles. The van der Waals surface area contributed by atoms with E-state index in [9.17, 15) is 51.9 Å². The molecule has 4 aliphatic carbocycles. The summed E-state index contributed by atoms with van der Waals surface area (Å²) in [6, 6.07) is 41.6. The van der Waals surface area contributed by atoms with Gasteiger partial charge in [-0.05, 0) is 147 Å². The number of rotatable bonds is 19. The topological polar surface area (TPSA) is 338 Å². The van der Waals surface area contributed by atoms with Crippen molar-refractivity contribution in [3.05, 3.63) is 166 Å². The molecule has 644 valence electrons. The monoisotopic (exact) mass is 1650 g/mol. The number of benzene rings is 4. The zero-order valence-corrected chi connectivity index (χ0v) is 69.8. The normalized spacial score (nSPS) is 29.6. The fourth-order valence-electron chi connectivity index (χ4n) is 20.3. The molecule has 18 atom stereocenters. The highest BCUT2D eigenvalue weighted by molar-refractivity contribution is 6.13. The first-order valence-electron chi connectivity index (χ1n) is 41.3. The summed E-state index contributed by atoms with van der Waals surface area (Å²) in [5, 5.41) is 39.6. The van der Waals surface area contributed by atoms with Gasteiger partial charge in [0.2, 0.25) is 11.8 Å². The number of aldehydes is 1. The number of fused-ring (bicyclic) bond motifs is 4. The fraction of sp³-hybridized carbons (Fsp3) is 0.591. The number of carboxylic acids is 2. The van der Waals surface area contributed by atoms with E-state index in [0.29, 0.717) is 47.3 Å². The zero-order valence-electron chi connectivity index (χ0n) is 69.8. The summed E-state index contributed by atoms with van der Waals surface area (Å²) in [6.45, 7) is 21.1. The Labute approximate surface area is 697 Å². The van der Waals surface area contributed by atoms with E-state index < -0.39 is 48.8 Å². The highest BCUT2D eigenvalue weighted by atomic mass is 19.1. The number of carbonyl (C=O) groups excluding carboxylic acids is 7. The van der Waals surface area contributed by atoms with Crippen molar-refractivity contribution in [2.45, 2.75) is 149 Å². The van der Waals surface area contributed by atoms with Gasteiger partial charge >= 0.3 is 48.4 Å². The number of hydrogen-bond acceptors (Lipinski definition) is 15. The molecule has 4 aromatic carbocycles. The molecule has 31 heteroatoms. The molecule has 4 aromatic rings. The van der Waals surface area contributed by atoms with Crippen molar-refractivity contribution < 1.29 is 72.4 Å². The summed E-state index contributed by atoms with van der Waals surface area (Å²) in [4.78, 5) is 134. The number of nitrogens with one attached hydrogen (secondary N) is 2. The van der Waals surface area contributed by atoms with Gasteiger partial charge in [-0.3, -0.25) is 38.9 Å². The van der Waals surface area contributed by atoms with Crippen LogP contribution in [0.4, 0.5) is 28.0 Å². The predicted molar refractivity (Wildman–Crippen MR) is 444 cm³/mol. The van der Waals surface area contributed by atoms with Crippen LogP contribution in [0.1, 0.15) is 86.5 Å². The minimum Gasteiger partial charge on any atom is -0.479 e. The van der Waals surface area contributed by atoms with Crippen LogP contribution in [0, 0.1) is 60.5 Å². The maximum Gasteiger partial charge on any atom is 0.335 e. The van der Waals surface area contributed by atoms with Crippen molar-refractivity contribution in [3.63, 3.8) is 0 Å². The first kappa shape index (κ1) is 91.1. The maximum atomic E-state index is 13.8. The second-order valence-corrected chi connectivity index (χ2v) is 35.5. The van der Waals surface area contributed by atoms with Crippen LogP contribution >= 0.6 is 0 Å². The predicted octanol–water partition coefficient (Wildman–Crippen LogP) is 6.88. The number of alkyl halides is 2. The van der Waals surface area contributed by atoms with E-state index in [4.69, 9.17) is 39.3 Å². The molecule has 0 bridgehead atoms. The molecule has 6 unspecified atom stereocenters. The highest BCUT2D eigenvalue weighted by Gasteiger charge is 2.55. The van der Waals surface area contributed by atoms with E-state index in [2.05, 4.69) is 86.0 Å². The lowest BCUT2D eigenvalue weighted by molar-refractivity contribution is -0.165. The average molecular weight is 1650 g/mol. The Hall–Kier alpha value is -10.2. The smallest absolute Gasteiger partial charge is 0.335 e. The third-order valence-electron chi connectivity index (χ3n) is 25.5. The van der Waals surface area contributed by atoms with E-state index in [1.54, 1.807) is 61.9 Å². The van der Waals surface area contributed by atoms with Gasteiger partial charge in [0.15, 0.2) is 18.5 Å². The lowest BCUT2D eigenvalue weighted by Gasteiger charge is -2.34. The third kappa shape index (κ3) is 23.5. The standard InChI is InChI=1S/2C24H32FN5O2.C19H25N3O2.C17H25N3O.C4H6O6/c2*1-26-21-9-20(25)16-30(21)22(31)13-27-24(10-17-7-5-4-6-8-17)11-18-14-29(15-19(18)12-24)23(32)28(2)3;1-21(2)18(24)22-13-16-11-19(20-8-9-23,12-17(16)14-22)10-15-6-4-3-5-7-15;1-19(2)16(21)20-11-14-9-17(18,10-15(14)12-20)8-13-6-4-3-5-7-13;5-1(3(7)8)2(6)4(9)10/h2*4-8,18-21,27H,9-16H2,2-3H3;3-9,16-17H,10-14H2,1-2H3;3-7,14-15H,8-12,18H2,1-2H3;1-2,5-6H,(H,7,8)(H,9,10)/t2*18-,19+,20-,21-,24?;16-,17+,19?;14-,15+,17?;/m00.../s1. The Morgan fingerprint density at radius 3 is 0.992 bits per heavy atom. The van der Waals surface area contributed by atoms with Crippen molar-refractivity contribution in [2.24, 2.45) is 58.1 Å². The average Bonchev–Trinajstić information content (AvgIpc) is 1.63. The molecular weight excluding hydrogens is 1530 g/mol. The van der Waals surface area contributed by atoms with Crippen molar-refractivity contribution in [2.75, 3.05) is 135 Å². The number of aliphatic carboxylic acids is 2. The molecule has 0 aromatic heterocycles. The Morgan fingerprint density at radius 1 is 0.454 bits per heavy atom. The summed E-state index contributed by atoms with van der Waals surface area (Å²) >= 11 is 0. The quantitative estimate of drug-likeness (QED) is 0.0286. The summed E-state index contributed by atoms with van der Waals surface area (Å²) in [5.74, 6) is -0.296. The summed E-state index contributed by atoms with van der Waals surface area (Å²) in [6.07, 6.45) is 5.08. The number of aliphatic hydroxyl groups is 2. The molecule has 0 spiro atoms. The van der Waals surface area contributed by atoms with E-state index in [1.165, 1.54) is 38.3 Å². The number of urea groups is 4. The number of hydrogen-bond donors (Lipinski definition) is 7. The van der Waals surface area contributed by atoms with Crippen LogP contribution < -0.4 is 16.4 Å². The molecule has 119 heavy (non-hydrogen) atoms. The van der Waals surface area contributed by atoms with Crippen molar-refractivity contribution in [3.8, 4) is 0 Å². The van der Waals surface area contributed by atoms with E-state index in [-0.39, 0.29) is 97.1 Å². The first-order chi connectivity index (χ1) is 56.6. The number of carboxylic acid groups (broad SMARTS) is 2. The Kier molecular flexibility index (Phi) is 30.8. The summed E-state index contributed by atoms with van der Waals surface area (Å²) in [7, 11) is 14.3. The minimum atomic E-state index is -2.27. The van der Waals surface area contributed by atoms with Gasteiger partial charge in [0.25, 0.3) is 0 Å². The highest BCUT2D eigenvalue weighted by Crippen LogP contribution is 2.50. The molecule has 6 aliphatic heterocycles. The van der Waals surface area contributed by atoms with Crippen LogP contribution in [0.25, 0.3) is 9.69 Å². The number of nitrogens with two attached hydrogens (primary N) is 1. The van der Waals surface area contributed by atoms with Crippen molar-refractivity contribution in [1.82, 2.24) is 59.6 Å². The molecule has 10 amide bonds. The van der Waals surface area contributed by atoms with Crippen molar-refractivity contribution in [1.29, 1.82) is 0 Å². The number of nitrogens with zero attached hydrogens (tertiary/aromatic N) is 13. The first-order valence-corrected chi connectivity index (χ1v) is 41.3. The van der Waals surface area contributed by atoms with E-state index in [1.807, 2.05) is 94.4 Å². The Bertz CT molecular complexity index is 4040. The van der Waals surface area contributed by atoms with Gasteiger partial charge in [0.1, 0.15) is 12.3 Å². The van der Waals surface area contributed by atoms with Crippen LogP contribution in [0.3, 0.4) is 0 Å². The number of halogens is 2. The molecule has 6 heterocycles. The van der Waals surface area contributed by atoms with Gasteiger partial charge < -0.3 is 76.0 Å². The molecule has 10 fully saturated rings. The van der Waals surface area contributed by atoms with Crippen molar-refractivity contribution >= 4 is 60.4 Å². The second kappa shape index (κ2) is 40.3. The number of aliphatic hydroxyl groups excluding tert-OH is 2. The Morgan fingerprint density at radius 2 is 0.723 bits per heavy atom. The lowest BCUT2D eigenvalue weighted by atomic mass is 9.87. The van der Waals surface area contributed by atoms with Crippen LogP contribution in [0.2, 0.25) is 0 Å². The summed E-state index contributed by atoms with van der Waals surface area (Å²) < 4.78 is 27.6. The van der Waals surface area contributed by atoms with Gasteiger partial charge in [-0.1, -0.05) is 121 Å². The molecule has 0 radical (unpaired) electrons. The van der Waals surface area contributed by atoms with Crippen LogP contribution in [0.15, 0.2) is 126 Å². The molecule has 14 rings (SSSR count). The fourth-order valence-corrected chi connectivity index (χ4v) is 20.3. The number of amides is 10. The zero-order chi connectivity index (χ0) is 86.3. The molecule has 6 saturated heterocycles. The summed E-state index contributed by atoms with van der Waals surface area (Å²) in [5.41, 5.74) is 10.8. The van der Waals surface area contributed by atoms with E-state index in [0.717, 1.165) is 136 Å². The van der Waals surface area contributed by atoms with Gasteiger partial charge in [-0.15, -0.1) is 0 Å².